The van der Waals surface area contributed by atoms with Gasteiger partial charge in [-0.1, -0.05) is 30.3 Å². The van der Waals surface area contributed by atoms with Crippen molar-refractivity contribution in [3.63, 3.8) is 0 Å². The molecular formula is C18H27N3O2. The quantitative estimate of drug-likeness (QED) is 0.779. The van der Waals surface area contributed by atoms with E-state index in [4.69, 9.17) is 10.5 Å². The van der Waals surface area contributed by atoms with E-state index in [0.717, 1.165) is 31.2 Å². The van der Waals surface area contributed by atoms with Gasteiger partial charge in [-0.25, -0.2) is 4.79 Å². The third-order valence-corrected chi connectivity index (χ3v) is 4.92. The first-order chi connectivity index (χ1) is 11.2. The number of rotatable bonds is 5. The van der Waals surface area contributed by atoms with Gasteiger partial charge in [-0.3, -0.25) is 0 Å². The molecule has 1 aromatic rings. The Kier molecular flexibility index (Phi) is 5.51. The van der Waals surface area contributed by atoms with E-state index >= 15 is 0 Å². The molecule has 23 heavy (non-hydrogen) atoms. The molecule has 0 spiro atoms. The van der Waals surface area contributed by atoms with Crippen LogP contribution in [0.15, 0.2) is 30.3 Å². The molecule has 0 unspecified atom stereocenters. The molecule has 0 aliphatic heterocycles. The van der Waals surface area contributed by atoms with Gasteiger partial charge in [-0.05, 0) is 44.1 Å². The fraction of sp³-hybridized carbons (Fsp3) is 0.611. The molecule has 1 amide bonds. The van der Waals surface area contributed by atoms with Crippen LogP contribution in [0, 0.1) is 0 Å². The molecule has 4 N–H and O–H groups in total. The van der Waals surface area contributed by atoms with E-state index in [1.807, 2.05) is 30.3 Å². The molecule has 0 atom stereocenters. The number of ether oxygens (including phenoxy) is 1. The molecule has 0 heterocycles. The van der Waals surface area contributed by atoms with Crippen molar-refractivity contribution in [3.8, 4) is 0 Å². The maximum Gasteiger partial charge on any atom is 0.407 e. The van der Waals surface area contributed by atoms with Crippen molar-refractivity contribution in [2.24, 2.45) is 5.73 Å². The minimum Gasteiger partial charge on any atom is -0.445 e. The predicted octanol–water partition coefficient (Wildman–Crippen LogP) is 2.30. The zero-order valence-corrected chi connectivity index (χ0v) is 13.5. The normalized spacial score (nSPS) is 30.3. The van der Waals surface area contributed by atoms with E-state index < -0.39 is 0 Å². The van der Waals surface area contributed by atoms with Gasteiger partial charge < -0.3 is 21.1 Å². The summed E-state index contributed by atoms with van der Waals surface area (Å²) in [6, 6.07) is 11.5. The number of amides is 1. The van der Waals surface area contributed by atoms with Crippen LogP contribution in [0.25, 0.3) is 0 Å². The number of carbonyl (C=O) groups excluding carboxylic acids is 1. The lowest BCUT2D eigenvalue weighted by atomic mass is 9.84. The summed E-state index contributed by atoms with van der Waals surface area (Å²) in [6.07, 6.45) is 6.26. The van der Waals surface area contributed by atoms with Crippen molar-refractivity contribution in [2.75, 3.05) is 0 Å². The lowest BCUT2D eigenvalue weighted by Crippen LogP contribution is -2.55. The van der Waals surface area contributed by atoms with Crippen LogP contribution >= 0.6 is 0 Å². The number of alkyl carbamates (subject to hydrolysis) is 1. The number of nitrogens with two attached hydrogens (primary N) is 1. The molecular weight excluding hydrogens is 290 g/mol. The third-order valence-electron chi connectivity index (χ3n) is 4.92. The molecule has 0 radical (unpaired) electrons. The second kappa shape index (κ2) is 7.79. The van der Waals surface area contributed by atoms with E-state index in [0.29, 0.717) is 24.7 Å². The van der Waals surface area contributed by atoms with Crippen LogP contribution in [-0.4, -0.2) is 30.3 Å². The monoisotopic (exact) mass is 317 g/mol. The van der Waals surface area contributed by atoms with Crippen molar-refractivity contribution in [1.82, 2.24) is 10.6 Å². The van der Waals surface area contributed by atoms with Crippen LogP contribution in [0.4, 0.5) is 4.79 Å². The van der Waals surface area contributed by atoms with Gasteiger partial charge in [0.15, 0.2) is 0 Å². The van der Waals surface area contributed by atoms with Crippen LogP contribution in [0.2, 0.25) is 0 Å². The molecule has 1 aromatic carbocycles. The van der Waals surface area contributed by atoms with Crippen LogP contribution < -0.4 is 16.4 Å². The highest BCUT2D eigenvalue weighted by atomic mass is 16.5. The topological polar surface area (TPSA) is 76.4 Å². The highest BCUT2D eigenvalue weighted by Crippen LogP contribution is 2.24. The molecule has 5 heteroatoms. The fourth-order valence-corrected chi connectivity index (χ4v) is 3.42. The Morgan fingerprint density at radius 3 is 2.43 bits per heavy atom. The second-order valence-corrected chi connectivity index (χ2v) is 6.85. The molecule has 0 aromatic heterocycles. The Morgan fingerprint density at radius 1 is 1.04 bits per heavy atom. The number of hydrogen-bond donors (Lipinski definition) is 3. The SMILES string of the molecule is NC1CCC(NC2CC(NC(=O)OCc3ccccc3)C2)CC1. The first kappa shape index (κ1) is 16.3. The van der Waals surface area contributed by atoms with E-state index in [9.17, 15) is 4.79 Å². The van der Waals surface area contributed by atoms with E-state index in [-0.39, 0.29) is 12.1 Å². The Balaban J connectivity index is 1.28. The summed E-state index contributed by atoms with van der Waals surface area (Å²) < 4.78 is 5.25. The van der Waals surface area contributed by atoms with Crippen LogP contribution in [0.5, 0.6) is 0 Å². The Labute approximate surface area is 138 Å². The van der Waals surface area contributed by atoms with Crippen molar-refractivity contribution < 1.29 is 9.53 Å². The Hall–Kier alpha value is -1.59. The van der Waals surface area contributed by atoms with E-state index in [1.165, 1.54) is 12.8 Å². The Bertz CT molecular complexity index is 494. The highest BCUT2D eigenvalue weighted by Gasteiger charge is 2.32. The first-order valence-electron chi connectivity index (χ1n) is 8.68. The highest BCUT2D eigenvalue weighted by molar-refractivity contribution is 5.67. The fourth-order valence-electron chi connectivity index (χ4n) is 3.42. The second-order valence-electron chi connectivity index (χ2n) is 6.85. The molecule has 2 aliphatic rings. The van der Waals surface area contributed by atoms with Gasteiger partial charge in [-0.2, -0.15) is 0 Å². The number of carbonyl (C=O) groups is 1. The largest absolute Gasteiger partial charge is 0.445 e. The van der Waals surface area contributed by atoms with Crippen LogP contribution in [-0.2, 0) is 11.3 Å². The zero-order chi connectivity index (χ0) is 16.1. The van der Waals surface area contributed by atoms with Crippen molar-refractivity contribution >= 4 is 6.09 Å². The lowest BCUT2D eigenvalue weighted by Gasteiger charge is -2.40. The van der Waals surface area contributed by atoms with Gasteiger partial charge in [-0.15, -0.1) is 0 Å². The summed E-state index contributed by atoms with van der Waals surface area (Å²) in [5.74, 6) is 0. The number of benzene rings is 1. The summed E-state index contributed by atoms with van der Waals surface area (Å²) in [4.78, 5) is 11.8. The molecule has 2 saturated carbocycles. The standard InChI is InChI=1S/C18H27N3O2/c19-14-6-8-15(9-7-14)20-16-10-17(11-16)21-18(22)23-12-13-4-2-1-3-5-13/h1-5,14-17,20H,6-12,19H2,(H,21,22). The summed E-state index contributed by atoms with van der Waals surface area (Å²) in [5, 5.41) is 6.63. The summed E-state index contributed by atoms with van der Waals surface area (Å²) in [6.45, 7) is 0.323. The van der Waals surface area contributed by atoms with Gasteiger partial charge in [0.05, 0.1) is 0 Å². The van der Waals surface area contributed by atoms with Gasteiger partial charge in [0.25, 0.3) is 0 Å². The maximum absolute atomic E-state index is 11.8. The van der Waals surface area contributed by atoms with Gasteiger partial charge in [0, 0.05) is 24.2 Å². The molecule has 0 saturated heterocycles. The van der Waals surface area contributed by atoms with Crippen molar-refractivity contribution in [3.05, 3.63) is 35.9 Å². The van der Waals surface area contributed by atoms with Gasteiger partial charge in [0.2, 0.25) is 0 Å². The maximum atomic E-state index is 11.8. The molecule has 2 aliphatic carbocycles. The Morgan fingerprint density at radius 2 is 1.74 bits per heavy atom. The molecule has 126 valence electrons. The van der Waals surface area contributed by atoms with Gasteiger partial charge in [0.1, 0.15) is 6.61 Å². The first-order valence-corrected chi connectivity index (χ1v) is 8.68. The van der Waals surface area contributed by atoms with E-state index in [2.05, 4.69) is 10.6 Å². The van der Waals surface area contributed by atoms with Gasteiger partial charge >= 0.3 is 6.09 Å². The van der Waals surface area contributed by atoms with E-state index in [1.54, 1.807) is 0 Å². The third kappa shape index (κ3) is 4.94. The molecule has 2 fully saturated rings. The molecule has 3 rings (SSSR count). The minimum atomic E-state index is -0.319. The van der Waals surface area contributed by atoms with Crippen LogP contribution in [0.1, 0.15) is 44.1 Å². The number of hydrogen-bond acceptors (Lipinski definition) is 4. The lowest BCUT2D eigenvalue weighted by molar-refractivity contribution is 0.123. The molecule has 0 bridgehead atoms. The van der Waals surface area contributed by atoms with Crippen LogP contribution in [0.3, 0.4) is 0 Å². The predicted molar refractivity (Wildman–Crippen MR) is 89.9 cm³/mol. The smallest absolute Gasteiger partial charge is 0.407 e. The summed E-state index contributed by atoms with van der Waals surface area (Å²) in [7, 11) is 0. The summed E-state index contributed by atoms with van der Waals surface area (Å²) >= 11 is 0. The average molecular weight is 317 g/mol. The average Bonchev–Trinajstić information content (AvgIpc) is 2.54. The van der Waals surface area contributed by atoms with Crippen molar-refractivity contribution in [2.45, 2.75) is 69.3 Å². The van der Waals surface area contributed by atoms with Crippen molar-refractivity contribution in [1.29, 1.82) is 0 Å². The number of nitrogens with one attached hydrogen (secondary N) is 2. The summed E-state index contributed by atoms with van der Waals surface area (Å²) in [5.41, 5.74) is 6.94. The molecule has 5 nitrogen and oxygen atoms in total. The zero-order valence-electron chi connectivity index (χ0n) is 13.5. The minimum absolute atomic E-state index is 0.238.